The van der Waals surface area contributed by atoms with Crippen LogP contribution in [0.1, 0.15) is 49.4 Å². The Morgan fingerprint density at radius 3 is 2.70 bits per heavy atom. The minimum absolute atomic E-state index is 0.0502. The Hall–Kier alpha value is -1.55. The zero-order valence-corrected chi connectivity index (χ0v) is 12.1. The van der Waals surface area contributed by atoms with Crippen molar-refractivity contribution < 1.29 is 19.4 Å². The molecule has 2 unspecified atom stereocenters. The Kier molecular flexibility index (Phi) is 5.01. The standard InChI is InChI=1S/C16H22O4/c1-11(17)13-9-8-12(19-2)10-16(13)20-15-7-5-3-4-6-14(15)18/h8-10,14-15,18H,3-7H2,1-2H3. The van der Waals surface area contributed by atoms with Crippen LogP contribution < -0.4 is 9.47 Å². The first-order valence-corrected chi connectivity index (χ1v) is 7.15. The van der Waals surface area contributed by atoms with Crippen LogP contribution in [-0.2, 0) is 0 Å². The van der Waals surface area contributed by atoms with E-state index in [2.05, 4.69) is 0 Å². The maximum Gasteiger partial charge on any atom is 0.163 e. The third-order valence-electron chi connectivity index (χ3n) is 3.76. The third-order valence-corrected chi connectivity index (χ3v) is 3.76. The number of ketones is 1. The molecular weight excluding hydrogens is 256 g/mol. The molecule has 2 atom stereocenters. The summed E-state index contributed by atoms with van der Waals surface area (Å²) in [6.07, 6.45) is 4.04. The highest BCUT2D eigenvalue weighted by molar-refractivity contribution is 5.97. The van der Waals surface area contributed by atoms with Gasteiger partial charge in [0, 0.05) is 6.07 Å². The summed E-state index contributed by atoms with van der Waals surface area (Å²) in [6.45, 7) is 1.51. The second-order valence-corrected chi connectivity index (χ2v) is 5.28. The molecule has 0 spiro atoms. The number of aliphatic hydroxyl groups is 1. The Balaban J connectivity index is 2.23. The van der Waals surface area contributed by atoms with Crippen molar-refractivity contribution in [1.29, 1.82) is 0 Å². The Labute approximate surface area is 119 Å². The number of hydrogen-bond donors (Lipinski definition) is 1. The second kappa shape index (κ2) is 6.75. The molecule has 1 fully saturated rings. The first kappa shape index (κ1) is 14.9. The molecule has 20 heavy (non-hydrogen) atoms. The number of carbonyl (C=O) groups excluding carboxylic acids is 1. The van der Waals surface area contributed by atoms with E-state index in [-0.39, 0.29) is 11.9 Å². The molecule has 1 saturated carbocycles. The van der Waals surface area contributed by atoms with Gasteiger partial charge in [0.15, 0.2) is 5.78 Å². The summed E-state index contributed by atoms with van der Waals surface area (Å²) in [4.78, 5) is 11.7. The first-order chi connectivity index (χ1) is 9.61. The molecule has 1 aromatic rings. The van der Waals surface area contributed by atoms with Crippen LogP contribution in [0.15, 0.2) is 18.2 Å². The fourth-order valence-electron chi connectivity index (χ4n) is 2.57. The molecule has 0 bridgehead atoms. The van der Waals surface area contributed by atoms with Crippen LogP contribution in [0.4, 0.5) is 0 Å². The van der Waals surface area contributed by atoms with Crippen molar-refractivity contribution in [1.82, 2.24) is 0 Å². The summed E-state index contributed by atoms with van der Waals surface area (Å²) in [5.74, 6) is 1.10. The van der Waals surface area contributed by atoms with Crippen molar-refractivity contribution in [3.05, 3.63) is 23.8 Å². The largest absolute Gasteiger partial charge is 0.497 e. The third kappa shape index (κ3) is 3.51. The van der Waals surface area contributed by atoms with Gasteiger partial charge in [-0.1, -0.05) is 12.8 Å². The maximum atomic E-state index is 11.7. The summed E-state index contributed by atoms with van der Waals surface area (Å²) < 4.78 is 11.1. The zero-order chi connectivity index (χ0) is 14.5. The van der Waals surface area contributed by atoms with Crippen molar-refractivity contribution in [2.75, 3.05) is 7.11 Å². The first-order valence-electron chi connectivity index (χ1n) is 7.15. The number of benzene rings is 1. The SMILES string of the molecule is COc1ccc(C(C)=O)c(OC2CCCCCC2O)c1. The molecule has 0 aromatic heterocycles. The van der Waals surface area contributed by atoms with E-state index in [4.69, 9.17) is 9.47 Å². The number of methoxy groups -OCH3 is 1. The van der Waals surface area contributed by atoms with Crippen molar-refractivity contribution >= 4 is 5.78 Å². The molecule has 0 aliphatic heterocycles. The lowest BCUT2D eigenvalue weighted by atomic mass is 10.1. The lowest BCUT2D eigenvalue weighted by molar-refractivity contribution is 0.0313. The molecule has 1 aliphatic rings. The molecule has 2 rings (SSSR count). The average Bonchev–Trinajstić information content (AvgIpc) is 2.64. The van der Waals surface area contributed by atoms with Crippen LogP contribution in [0.3, 0.4) is 0 Å². The summed E-state index contributed by atoms with van der Waals surface area (Å²) in [7, 11) is 1.58. The van der Waals surface area contributed by atoms with E-state index in [0.717, 1.165) is 32.1 Å². The van der Waals surface area contributed by atoms with E-state index in [9.17, 15) is 9.90 Å². The van der Waals surface area contributed by atoms with Crippen LogP contribution in [0.2, 0.25) is 0 Å². The molecule has 0 heterocycles. The van der Waals surface area contributed by atoms with E-state index in [1.807, 2.05) is 0 Å². The zero-order valence-electron chi connectivity index (χ0n) is 12.1. The predicted molar refractivity (Wildman–Crippen MR) is 76.5 cm³/mol. The van der Waals surface area contributed by atoms with Gasteiger partial charge in [0.2, 0.25) is 0 Å². The molecule has 0 radical (unpaired) electrons. The van der Waals surface area contributed by atoms with E-state index in [0.29, 0.717) is 17.1 Å². The molecule has 1 aromatic carbocycles. The van der Waals surface area contributed by atoms with Gasteiger partial charge in [0.25, 0.3) is 0 Å². The van der Waals surface area contributed by atoms with Gasteiger partial charge >= 0.3 is 0 Å². The number of Topliss-reactive ketones (excluding diaryl/α,β-unsaturated/α-hetero) is 1. The van der Waals surface area contributed by atoms with Crippen LogP contribution in [-0.4, -0.2) is 30.2 Å². The molecule has 4 heteroatoms. The second-order valence-electron chi connectivity index (χ2n) is 5.28. The average molecular weight is 278 g/mol. The van der Waals surface area contributed by atoms with Gasteiger partial charge in [-0.3, -0.25) is 4.79 Å². The van der Waals surface area contributed by atoms with E-state index in [1.165, 1.54) is 6.92 Å². The number of ether oxygens (including phenoxy) is 2. The molecule has 1 aliphatic carbocycles. The van der Waals surface area contributed by atoms with Crippen molar-refractivity contribution in [3.8, 4) is 11.5 Å². The van der Waals surface area contributed by atoms with Crippen molar-refractivity contribution in [2.45, 2.75) is 51.2 Å². The van der Waals surface area contributed by atoms with E-state index >= 15 is 0 Å². The predicted octanol–water partition coefficient (Wildman–Crippen LogP) is 2.97. The summed E-state index contributed by atoms with van der Waals surface area (Å²) in [5.41, 5.74) is 0.530. The van der Waals surface area contributed by atoms with Gasteiger partial charge in [0.05, 0.1) is 18.8 Å². The smallest absolute Gasteiger partial charge is 0.163 e. The topological polar surface area (TPSA) is 55.8 Å². The lowest BCUT2D eigenvalue weighted by Gasteiger charge is -2.23. The number of aliphatic hydroxyl groups excluding tert-OH is 1. The van der Waals surface area contributed by atoms with Crippen LogP contribution in [0, 0.1) is 0 Å². The van der Waals surface area contributed by atoms with Crippen LogP contribution >= 0.6 is 0 Å². The van der Waals surface area contributed by atoms with E-state index < -0.39 is 6.10 Å². The molecule has 110 valence electrons. The molecule has 4 nitrogen and oxygen atoms in total. The Morgan fingerprint density at radius 1 is 1.25 bits per heavy atom. The highest BCUT2D eigenvalue weighted by atomic mass is 16.5. The van der Waals surface area contributed by atoms with Gasteiger partial charge in [-0.2, -0.15) is 0 Å². The summed E-state index contributed by atoms with van der Waals surface area (Å²) in [6, 6.07) is 5.17. The minimum atomic E-state index is -0.469. The lowest BCUT2D eigenvalue weighted by Crippen LogP contribution is -2.31. The Morgan fingerprint density at radius 2 is 2.00 bits per heavy atom. The normalized spacial score (nSPS) is 22.9. The highest BCUT2D eigenvalue weighted by Crippen LogP contribution is 2.29. The van der Waals surface area contributed by atoms with Gasteiger partial charge in [0.1, 0.15) is 17.6 Å². The molecule has 1 N–H and O–H groups in total. The maximum absolute atomic E-state index is 11.7. The highest BCUT2D eigenvalue weighted by Gasteiger charge is 2.24. The van der Waals surface area contributed by atoms with Gasteiger partial charge < -0.3 is 14.6 Å². The van der Waals surface area contributed by atoms with Gasteiger partial charge in [-0.25, -0.2) is 0 Å². The monoisotopic (exact) mass is 278 g/mol. The van der Waals surface area contributed by atoms with Gasteiger partial charge in [-0.15, -0.1) is 0 Å². The molecule has 0 saturated heterocycles. The number of hydrogen-bond acceptors (Lipinski definition) is 4. The fourth-order valence-corrected chi connectivity index (χ4v) is 2.57. The molecular formula is C16H22O4. The van der Waals surface area contributed by atoms with Gasteiger partial charge in [-0.05, 0) is 38.3 Å². The van der Waals surface area contributed by atoms with Crippen LogP contribution in [0.25, 0.3) is 0 Å². The molecule has 0 amide bonds. The van der Waals surface area contributed by atoms with Crippen LogP contribution in [0.5, 0.6) is 11.5 Å². The number of carbonyl (C=O) groups is 1. The minimum Gasteiger partial charge on any atom is -0.497 e. The fraction of sp³-hybridized carbons (Fsp3) is 0.562. The van der Waals surface area contributed by atoms with E-state index in [1.54, 1.807) is 25.3 Å². The number of rotatable bonds is 4. The Bertz CT molecular complexity index is 470. The summed E-state index contributed by atoms with van der Waals surface area (Å²) >= 11 is 0. The summed E-state index contributed by atoms with van der Waals surface area (Å²) in [5, 5.41) is 10.1. The quantitative estimate of drug-likeness (QED) is 0.679. The van der Waals surface area contributed by atoms with Crippen molar-refractivity contribution in [2.24, 2.45) is 0 Å². The van der Waals surface area contributed by atoms with Crippen molar-refractivity contribution in [3.63, 3.8) is 0 Å².